The van der Waals surface area contributed by atoms with Gasteiger partial charge in [0, 0.05) is 37.5 Å². The van der Waals surface area contributed by atoms with Gasteiger partial charge in [-0.25, -0.2) is 4.98 Å². The summed E-state index contributed by atoms with van der Waals surface area (Å²) in [5, 5.41) is 10.3. The third-order valence-corrected chi connectivity index (χ3v) is 4.99. The number of hydrogen-bond donors (Lipinski definition) is 2. The number of amides is 2. The molecule has 0 aliphatic rings. The summed E-state index contributed by atoms with van der Waals surface area (Å²) in [6.45, 7) is 0.401. The number of rotatable bonds is 7. The van der Waals surface area contributed by atoms with Crippen molar-refractivity contribution in [2.24, 2.45) is 0 Å². The molecule has 0 spiro atoms. The van der Waals surface area contributed by atoms with Gasteiger partial charge in [-0.3, -0.25) is 14.7 Å². The van der Waals surface area contributed by atoms with E-state index in [2.05, 4.69) is 20.5 Å². The first kappa shape index (κ1) is 19.6. The number of thioether (sulfide) groups is 1. The molecule has 3 rings (SSSR count). The lowest BCUT2D eigenvalue weighted by Gasteiger charge is -2.11. The summed E-state index contributed by atoms with van der Waals surface area (Å²) in [5.41, 5.74) is 3.26. The highest BCUT2D eigenvalue weighted by molar-refractivity contribution is 7.98. The van der Waals surface area contributed by atoms with Gasteiger partial charge in [0.15, 0.2) is 5.16 Å². The zero-order valence-corrected chi connectivity index (χ0v) is 16.5. The van der Waals surface area contributed by atoms with Crippen molar-refractivity contribution >= 4 is 23.6 Å². The average Bonchev–Trinajstić information content (AvgIpc) is 3.24. The van der Waals surface area contributed by atoms with E-state index in [9.17, 15) is 9.59 Å². The Hall–Kier alpha value is -3.13. The number of carbonyl (C=O) groups excluding carboxylic acids is 2. The maximum Gasteiger partial charge on any atom is 0.253 e. The predicted molar refractivity (Wildman–Crippen MR) is 108 cm³/mol. The second kappa shape index (κ2) is 9.18. The molecule has 0 saturated carbocycles. The van der Waals surface area contributed by atoms with Crippen LogP contribution in [-0.4, -0.2) is 46.0 Å². The van der Waals surface area contributed by atoms with Crippen LogP contribution in [0.25, 0.3) is 0 Å². The molecule has 144 valence electrons. The Labute approximate surface area is 167 Å². The van der Waals surface area contributed by atoms with Gasteiger partial charge in [-0.1, -0.05) is 36.0 Å². The Kier molecular flexibility index (Phi) is 6.44. The summed E-state index contributed by atoms with van der Waals surface area (Å²) in [7, 11) is 3.43. The normalized spacial score (nSPS) is 10.5. The van der Waals surface area contributed by atoms with E-state index in [1.165, 1.54) is 11.2 Å². The summed E-state index contributed by atoms with van der Waals surface area (Å²) in [4.78, 5) is 29.8. The second-order valence-corrected chi connectivity index (χ2v) is 7.32. The highest BCUT2D eigenvalue weighted by Crippen LogP contribution is 2.18. The van der Waals surface area contributed by atoms with E-state index in [1.807, 2.05) is 36.4 Å². The number of nitrogens with zero attached hydrogens (tertiary/aromatic N) is 3. The van der Waals surface area contributed by atoms with Crippen LogP contribution in [0.4, 0.5) is 0 Å². The first-order valence-electron chi connectivity index (χ1n) is 8.69. The van der Waals surface area contributed by atoms with E-state index >= 15 is 0 Å². The monoisotopic (exact) mass is 395 g/mol. The van der Waals surface area contributed by atoms with Crippen LogP contribution in [0.15, 0.2) is 60.0 Å². The first-order chi connectivity index (χ1) is 13.5. The number of nitrogens with one attached hydrogen (secondary N) is 2. The maximum atomic E-state index is 12.3. The minimum absolute atomic E-state index is 0.0443. The molecule has 0 saturated heterocycles. The average molecular weight is 395 g/mol. The number of aromatic nitrogens is 3. The van der Waals surface area contributed by atoms with Crippen LogP contribution in [0.3, 0.4) is 0 Å². The molecule has 0 unspecified atom stereocenters. The molecule has 0 bridgehead atoms. The molecule has 7 nitrogen and oxygen atoms in total. The molecule has 0 aliphatic carbocycles. The molecule has 2 aromatic carbocycles. The number of hydrogen-bond acceptors (Lipinski definition) is 5. The Morgan fingerprint density at radius 3 is 2.25 bits per heavy atom. The fraction of sp³-hybridized carbons (Fsp3) is 0.200. The van der Waals surface area contributed by atoms with Crippen LogP contribution in [0.5, 0.6) is 0 Å². The van der Waals surface area contributed by atoms with Gasteiger partial charge in [0.1, 0.15) is 6.33 Å². The van der Waals surface area contributed by atoms with Crippen LogP contribution < -0.4 is 5.32 Å². The number of benzene rings is 2. The summed E-state index contributed by atoms with van der Waals surface area (Å²) < 4.78 is 0. The van der Waals surface area contributed by atoms with E-state index in [0.717, 1.165) is 22.0 Å². The largest absolute Gasteiger partial charge is 0.348 e. The smallest absolute Gasteiger partial charge is 0.253 e. The molecular weight excluding hydrogens is 374 g/mol. The summed E-state index contributed by atoms with van der Waals surface area (Å²) in [6.07, 6.45) is 1.48. The first-order valence-corrected chi connectivity index (χ1v) is 9.67. The van der Waals surface area contributed by atoms with Crippen molar-refractivity contribution in [2.75, 3.05) is 14.1 Å². The fourth-order valence-electron chi connectivity index (χ4n) is 2.48. The van der Waals surface area contributed by atoms with Gasteiger partial charge in [0.25, 0.3) is 11.8 Å². The molecule has 3 aromatic rings. The summed E-state index contributed by atoms with van der Waals surface area (Å²) >= 11 is 1.55. The van der Waals surface area contributed by atoms with Gasteiger partial charge in [-0.05, 0) is 35.4 Å². The summed E-state index contributed by atoms with van der Waals surface area (Å²) in [6, 6.07) is 14.7. The van der Waals surface area contributed by atoms with Gasteiger partial charge < -0.3 is 10.2 Å². The van der Waals surface area contributed by atoms with Crippen LogP contribution in [0.2, 0.25) is 0 Å². The second-order valence-electron chi connectivity index (χ2n) is 6.36. The van der Waals surface area contributed by atoms with E-state index in [4.69, 9.17) is 0 Å². The van der Waals surface area contributed by atoms with Crippen LogP contribution in [0.1, 0.15) is 31.8 Å². The topological polar surface area (TPSA) is 91.0 Å². The van der Waals surface area contributed by atoms with Crippen molar-refractivity contribution in [3.63, 3.8) is 0 Å². The molecule has 1 aromatic heterocycles. The number of H-pyrrole nitrogens is 1. The molecule has 0 radical (unpaired) electrons. The molecule has 28 heavy (non-hydrogen) atoms. The van der Waals surface area contributed by atoms with Gasteiger partial charge >= 0.3 is 0 Å². The molecule has 1 heterocycles. The molecule has 0 atom stereocenters. The minimum atomic E-state index is -0.136. The van der Waals surface area contributed by atoms with Crippen molar-refractivity contribution in [3.05, 3.63) is 77.1 Å². The Balaban J connectivity index is 1.51. The van der Waals surface area contributed by atoms with Crippen molar-refractivity contribution in [2.45, 2.75) is 17.5 Å². The van der Waals surface area contributed by atoms with E-state index in [0.29, 0.717) is 17.7 Å². The van der Waals surface area contributed by atoms with Crippen molar-refractivity contribution in [1.29, 1.82) is 0 Å². The standard InChI is InChI=1S/C20H21N5O2S/c1-25(2)19(27)17-9-3-14(4-10-17)11-21-18(26)16-7-5-15(6-8-16)12-28-20-22-13-23-24-20/h3-10,13H,11-12H2,1-2H3,(H,21,26)(H,22,23,24). The number of aromatic amines is 1. The highest BCUT2D eigenvalue weighted by atomic mass is 32.2. The van der Waals surface area contributed by atoms with Gasteiger partial charge in [-0.15, -0.1) is 0 Å². The number of carbonyl (C=O) groups is 2. The molecule has 0 fully saturated rings. The Morgan fingerprint density at radius 2 is 1.64 bits per heavy atom. The lowest BCUT2D eigenvalue weighted by Crippen LogP contribution is -2.23. The zero-order valence-electron chi connectivity index (χ0n) is 15.7. The molecule has 2 N–H and O–H groups in total. The summed E-state index contributed by atoms with van der Waals surface area (Å²) in [5.74, 6) is 0.565. The minimum Gasteiger partial charge on any atom is -0.348 e. The van der Waals surface area contributed by atoms with Crippen molar-refractivity contribution in [1.82, 2.24) is 25.4 Å². The van der Waals surface area contributed by atoms with Crippen molar-refractivity contribution in [3.8, 4) is 0 Å². The Morgan fingerprint density at radius 1 is 1.00 bits per heavy atom. The van der Waals surface area contributed by atoms with Crippen molar-refractivity contribution < 1.29 is 9.59 Å². The van der Waals surface area contributed by atoms with E-state index in [-0.39, 0.29) is 11.8 Å². The zero-order chi connectivity index (χ0) is 19.9. The predicted octanol–water partition coefficient (Wildman–Crippen LogP) is 2.73. The molecule has 8 heteroatoms. The van der Waals surface area contributed by atoms with Gasteiger partial charge in [0.2, 0.25) is 0 Å². The quantitative estimate of drug-likeness (QED) is 0.600. The lowest BCUT2D eigenvalue weighted by atomic mass is 10.1. The third-order valence-electron chi connectivity index (χ3n) is 4.04. The Bertz CT molecular complexity index is 922. The van der Waals surface area contributed by atoms with Crippen LogP contribution in [-0.2, 0) is 12.3 Å². The van der Waals surface area contributed by atoms with E-state index < -0.39 is 0 Å². The van der Waals surface area contributed by atoms with Crippen LogP contribution >= 0.6 is 11.8 Å². The fourth-order valence-corrected chi connectivity index (χ4v) is 3.21. The lowest BCUT2D eigenvalue weighted by molar-refractivity contribution is 0.0827. The highest BCUT2D eigenvalue weighted by Gasteiger charge is 2.09. The SMILES string of the molecule is CN(C)C(=O)c1ccc(CNC(=O)c2ccc(CSc3ncn[nH]3)cc2)cc1. The van der Waals surface area contributed by atoms with Crippen LogP contribution in [0, 0.1) is 0 Å². The third kappa shape index (κ3) is 5.20. The van der Waals surface area contributed by atoms with E-state index in [1.54, 1.807) is 38.0 Å². The van der Waals surface area contributed by atoms with Gasteiger partial charge in [0.05, 0.1) is 0 Å². The molecule has 2 amide bonds. The molecular formula is C20H21N5O2S. The molecule has 0 aliphatic heterocycles. The van der Waals surface area contributed by atoms with Gasteiger partial charge in [-0.2, -0.15) is 5.10 Å². The maximum absolute atomic E-state index is 12.3.